The second-order valence-electron chi connectivity index (χ2n) is 15.5. The third-order valence-corrected chi connectivity index (χ3v) is 11.1. The molecule has 6 heteroatoms. The fraction of sp³-hybridized carbons (Fsp3) is 0.0536. The summed E-state index contributed by atoms with van der Waals surface area (Å²) >= 11 is 0. The fourth-order valence-electron chi connectivity index (χ4n) is 8.08. The summed E-state index contributed by atoms with van der Waals surface area (Å²) in [5.41, 5.74) is 16.1. The van der Waals surface area contributed by atoms with Gasteiger partial charge in [0.05, 0.1) is 23.1 Å². The molecule has 4 heterocycles. The van der Waals surface area contributed by atoms with Crippen LogP contribution in [0.5, 0.6) is 0 Å². The predicted octanol–water partition coefficient (Wildman–Crippen LogP) is 13.4. The van der Waals surface area contributed by atoms with Gasteiger partial charge in [0, 0.05) is 44.8 Å². The molecule has 0 amide bonds. The average molecular weight is 799 g/mol. The van der Waals surface area contributed by atoms with Crippen molar-refractivity contribution in [3.63, 3.8) is 0 Å². The van der Waals surface area contributed by atoms with Crippen LogP contribution < -0.4 is 5.32 Å². The monoisotopic (exact) mass is 798 g/mol. The van der Waals surface area contributed by atoms with Gasteiger partial charge >= 0.3 is 0 Å². The Morgan fingerprint density at radius 3 is 1.63 bits per heavy atom. The number of aromatic nitrogens is 5. The zero-order valence-corrected chi connectivity index (χ0v) is 34.4. The number of benzene rings is 6. The van der Waals surface area contributed by atoms with Gasteiger partial charge in [-0.15, -0.1) is 0 Å². The first-order valence-corrected chi connectivity index (χ1v) is 20.9. The van der Waals surface area contributed by atoms with Crippen LogP contribution in [0.25, 0.3) is 90.2 Å². The van der Waals surface area contributed by atoms with E-state index in [1.54, 1.807) is 0 Å². The maximum absolute atomic E-state index is 5.42. The van der Waals surface area contributed by atoms with Crippen LogP contribution in [0, 0.1) is 6.92 Å². The normalized spacial score (nSPS) is 13.3. The van der Waals surface area contributed by atoms with Crippen molar-refractivity contribution in [1.29, 1.82) is 0 Å². The topological polar surface area (TPSA) is 76.5 Å². The average Bonchev–Trinajstić information content (AvgIpc) is 3.34. The molecule has 3 aromatic heterocycles. The molecule has 62 heavy (non-hydrogen) atoms. The Labute approximate surface area is 362 Å². The van der Waals surface area contributed by atoms with Crippen LogP contribution in [-0.2, 0) is 0 Å². The molecule has 0 fully saturated rings. The zero-order valence-electron chi connectivity index (χ0n) is 34.4. The van der Waals surface area contributed by atoms with E-state index in [1.165, 1.54) is 5.56 Å². The summed E-state index contributed by atoms with van der Waals surface area (Å²) < 4.78 is 0. The molecule has 0 spiro atoms. The maximum Gasteiger partial charge on any atom is 0.164 e. The van der Waals surface area contributed by atoms with Crippen LogP contribution in [0.1, 0.15) is 24.2 Å². The standard InChI is InChI=1S/C56H42N6/c1-37-17-14-29-50(57-37)43-31-32-48(51-30-15-18-38(2)58-51)49(34-43)45-35-52(39-19-6-3-7-20-39)59-53(36-45)47-28-13-12-27-46(47)42-25-16-26-44(33-42)56-61-54(40-21-8-4-9-22-40)60-55(62-56)41-23-10-5-11-24-41/h3-36,51,58H,1-2H3. The van der Waals surface area contributed by atoms with Crippen molar-refractivity contribution in [2.24, 2.45) is 0 Å². The molecule has 296 valence electrons. The lowest BCUT2D eigenvalue weighted by Gasteiger charge is -2.24. The number of nitrogens with zero attached hydrogens (tertiary/aromatic N) is 5. The summed E-state index contributed by atoms with van der Waals surface area (Å²) in [4.78, 5) is 25.3. The lowest BCUT2D eigenvalue weighted by Crippen LogP contribution is -2.20. The second kappa shape index (κ2) is 16.9. The van der Waals surface area contributed by atoms with E-state index < -0.39 is 0 Å². The minimum atomic E-state index is -0.0124. The van der Waals surface area contributed by atoms with Gasteiger partial charge in [-0.25, -0.2) is 19.9 Å². The molecular weight excluding hydrogens is 757 g/mol. The number of allylic oxidation sites excluding steroid dienone is 3. The number of rotatable bonds is 9. The zero-order chi connectivity index (χ0) is 41.8. The molecule has 6 aromatic carbocycles. The van der Waals surface area contributed by atoms with E-state index in [0.717, 1.165) is 84.1 Å². The van der Waals surface area contributed by atoms with Gasteiger partial charge in [0.25, 0.3) is 0 Å². The van der Waals surface area contributed by atoms with Gasteiger partial charge in [0.15, 0.2) is 17.5 Å². The highest BCUT2D eigenvalue weighted by Crippen LogP contribution is 2.40. The van der Waals surface area contributed by atoms with Crippen molar-refractivity contribution in [1.82, 2.24) is 30.2 Å². The molecule has 1 atom stereocenters. The summed E-state index contributed by atoms with van der Waals surface area (Å²) in [7, 11) is 0. The highest BCUT2D eigenvalue weighted by molar-refractivity contribution is 5.88. The molecule has 1 aliphatic rings. The first-order valence-electron chi connectivity index (χ1n) is 20.9. The second-order valence-corrected chi connectivity index (χ2v) is 15.5. The molecule has 0 radical (unpaired) electrons. The Morgan fingerprint density at radius 1 is 0.371 bits per heavy atom. The number of dihydropyridines is 1. The number of pyridine rings is 2. The predicted molar refractivity (Wildman–Crippen MR) is 252 cm³/mol. The number of aryl methyl sites for hydroxylation is 1. The summed E-state index contributed by atoms with van der Waals surface area (Å²) in [6.07, 6.45) is 6.46. The molecule has 6 nitrogen and oxygen atoms in total. The number of nitrogens with one attached hydrogen (secondary N) is 1. The molecule has 1 unspecified atom stereocenters. The van der Waals surface area contributed by atoms with E-state index in [1.807, 2.05) is 79.7 Å². The van der Waals surface area contributed by atoms with E-state index in [-0.39, 0.29) is 6.04 Å². The summed E-state index contributed by atoms with van der Waals surface area (Å²) in [5, 5.41) is 3.71. The van der Waals surface area contributed by atoms with Gasteiger partial charge in [-0.3, -0.25) is 4.98 Å². The molecule has 0 saturated heterocycles. The molecule has 1 N–H and O–H groups in total. The Balaban J connectivity index is 1.13. The van der Waals surface area contributed by atoms with Gasteiger partial charge < -0.3 is 5.32 Å². The largest absolute Gasteiger partial charge is 0.378 e. The molecule has 0 aliphatic carbocycles. The van der Waals surface area contributed by atoms with Crippen molar-refractivity contribution in [3.05, 3.63) is 223 Å². The molecule has 10 rings (SSSR count). The minimum absolute atomic E-state index is 0.0124. The summed E-state index contributed by atoms with van der Waals surface area (Å²) in [6.45, 7) is 4.14. The lowest BCUT2D eigenvalue weighted by molar-refractivity contribution is 0.706. The van der Waals surface area contributed by atoms with E-state index >= 15 is 0 Å². The molecule has 9 aromatic rings. The highest BCUT2D eigenvalue weighted by atomic mass is 15.0. The molecular formula is C56H42N6. The Kier molecular flexibility index (Phi) is 10.4. The van der Waals surface area contributed by atoms with Crippen molar-refractivity contribution >= 4 is 0 Å². The van der Waals surface area contributed by atoms with Crippen LogP contribution in [-0.4, -0.2) is 24.9 Å². The van der Waals surface area contributed by atoms with Crippen molar-refractivity contribution in [2.45, 2.75) is 19.9 Å². The van der Waals surface area contributed by atoms with Crippen LogP contribution >= 0.6 is 0 Å². The number of hydrogen-bond donors (Lipinski definition) is 1. The van der Waals surface area contributed by atoms with E-state index in [9.17, 15) is 0 Å². The van der Waals surface area contributed by atoms with E-state index in [0.29, 0.717) is 17.5 Å². The van der Waals surface area contributed by atoms with Crippen molar-refractivity contribution in [2.75, 3.05) is 0 Å². The van der Waals surface area contributed by atoms with Gasteiger partial charge in [0.2, 0.25) is 0 Å². The summed E-state index contributed by atoms with van der Waals surface area (Å²) in [5.74, 6) is 1.86. The smallest absolute Gasteiger partial charge is 0.164 e. The number of hydrogen-bond acceptors (Lipinski definition) is 6. The fourth-order valence-corrected chi connectivity index (χ4v) is 8.08. The first-order chi connectivity index (χ1) is 30.5. The molecule has 1 aliphatic heterocycles. The van der Waals surface area contributed by atoms with Crippen LogP contribution in [0.3, 0.4) is 0 Å². The van der Waals surface area contributed by atoms with Crippen LogP contribution in [0.15, 0.2) is 212 Å². The Morgan fingerprint density at radius 2 is 0.952 bits per heavy atom. The van der Waals surface area contributed by atoms with Crippen molar-refractivity contribution in [3.8, 4) is 90.2 Å². The SMILES string of the molecule is CC1=CC=CC(c2ccc(-c3cccc(C)n3)cc2-c2cc(-c3ccccc3)nc(-c3ccccc3-c3cccc(-c4nc(-c5ccccc5)nc(-c5ccccc5)n4)c3)c2)N1. The van der Waals surface area contributed by atoms with Gasteiger partial charge in [0.1, 0.15) is 0 Å². The third-order valence-electron chi connectivity index (χ3n) is 11.1. The quantitative estimate of drug-likeness (QED) is 0.157. The Hall–Kier alpha value is -8.09. The van der Waals surface area contributed by atoms with Crippen LogP contribution in [0.4, 0.5) is 0 Å². The molecule has 0 saturated carbocycles. The molecule has 0 bridgehead atoms. The third kappa shape index (κ3) is 7.97. The lowest BCUT2D eigenvalue weighted by atomic mass is 9.89. The van der Waals surface area contributed by atoms with Gasteiger partial charge in [-0.05, 0) is 84.1 Å². The Bertz CT molecular complexity index is 3060. The van der Waals surface area contributed by atoms with E-state index in [2.05, 4.69) is 146 Å². The van der Waals surface area contributed by atoms with E-state index in [4.69, 9.17) is 24.9 Å². The van der Waals surface area contributed by atoms with Crippen LogP contribution in [0.2, 0.25) is 0 Å². The minimum Gasteiger partial charge on any atom is -0.378 e. The maximum atomic E-state index is 5.42. The first kappa shape index (κ1) is 38.1. The van der Waals surface area contributed by atoms with Gasteiger partial charge in [-0.1, -0.05) is 164 Å². The van der Waals surface area contributed by atoms with Gasteiger partial charge in [-0.2, -0.15) is 0 Å². The highest BCUT2D eigenvalue weighted by Gasteiger charge is 2.21. The van der Waals surface area contributed by atoms with Crippen molar-refractivity contribution < 1.29 is 0 Å². The summed E-state index contributed by atoms with van der Waals surface area (Å²) in [6, 6.07) is 64.9.